The molecular weight excluding hydrogens is 354 g/mol. The molecule has 88 valence electrons. The molecule has 3 nitrogen and oxygen atoms in total. The second-order valence-corrected chi connectivity index (χ2v) is 4.13. The molecule has 0 fully saturated rings. The number of carbonyl (C=O) groups is 1. The van der Waals surface area contributed by atoms with Gasteiger partial charge in [-0.2, -0.15) is 0 Å². The van der Waals surface area contributed by atoms with E-state index in [1.807, 2.05) is 0 Å². The largest absolute Gasteiger partial charge is 0.464 e. The van der Waals surface area contributed by atoms with Crippen molar-refractivity contribution in [3.63, 3.8) is 0 Å². The zero-order valence-corrected chi connectivity index (χ0v) is 11.1. The molecule has 0 aliphatic rings. The molecule has 0 spiro atoms. The average Bonchev–Trinajstić information content (AvgIpc) is 2.26. The highest BCUT2D eigenvalue weighted by molar-refractivity contribution is 14.1. The number of rotatable bonds is 3. The monoisotopic (exact) mass is 361 g/mol. The van der Waals surface area contributed by atoms with E-state index in [1.54, 1.807) is 22.6 Å². The number of hydrogen-bond donors (Lipinski definition) is 0. The Morgan fingerprint density at radius 1 is 1.69 bits per heavy atom. The fourth-order valence-electron chi connectivity index (χ4n) is 1.10. The van der Waals surface area contributed by atoms with Crippen LogP contribution in [0.3, 0.4) is 0 Å². The normalized spacial score (nSPS) is 10.6. The van der Waals surface area contributed by atoms with Crippen molar-refractivity contribution < 1.29 is 18.3 Å². The zero-order chi connectivity index (χ0) is 12.3. The van der Waals surface area contributed by atoms with Crippen LogP contribution in [0.5, 0.6) is 0 Å². The molecule has 0 bridgehead atoms. The van der Waals surface area contributed by atoms with Crippen LogP contribution >= 0.6 is 34.2 Å². The first kappa shape index (κ1) is 13.6. The summed E-state index contributed by atoms with van der Waals surface area (Å²) in [6, 6.07) is 0. The van der Waals surface area contributed by atoms with Gasteiger partial charge in [-0.1, -0.05) is 0 Å². The summed E-state index contributed by atoms with van der Waals surface area (Å²) >= 11 is 7.29. The van der Waals surface area contributed by atoms with Gasteiger partial charge in [0.1, 0.15) is 0 Å². The minimum absolute atomic E-state index is 0.0620. The number of alkyl halides is 3. The summed E-state index contributed by atoms with van der Waals surface area (Å²) in [5, 5.41) is 0. The molecule has 0 saturated heterocycles. The van der Waals surface area contributed by atoms with E-state index in [0.29, 0.717) is 5.56 Å². The van der Waals surface area contributed by atoms with Crippen molar-refractivity contribution in [3.05, 3.63) is 26.6 Å². The first-order valence-electron chi connectivity index (χ1n) is 4.12. The SMILES string of the molecule is COC(=O)c1ncc(CCl)c(I)c1C(F)F. The molecule has 0 radical (unpaired) electrons. The van der Waals surface area contributed by atoms with E-state index in [0.717, 1.165) is 7.11 Å². The highest BCUT2D eigenvalue weighted by Crippen LogP contribution is 2.30. The molecule has 0 unspecified atom stereocenters. The lowest BCUT2D eigenvalue weighted by Gasteiger charge is -2.10. The third-order valence-electron chi connectivity index (χ3n) is 1.86. The van der Waals surface area contributed by atoms with Crippen LogP contribution in [-0.2, 0) is 10.6 Å². The van der Waals surface area contributed by atoms with Gasteiger partial charge in [-0.25, -0.2) is 18.6 Å². The van der Waals surface area contributed by atoms with Crippen molar-refractivity contribution in [2.75, 3.05) is 7.11 Å². The number of hydrogen-bond acceptors (Lipinski definition) is 3. The Balaban J connectivity index is 3.40. The van der Waals surface area contributed by atoms with Crippen LogP contribution in [0.4, 0.5) is 8.78 Å². The summed E-state index contributed by atoms with van der Waals surface area (Å²) in [6.07, 6.45) is -1.50. The third-order valence-corrected chi connectivity index (χ3v) is 3.43. The molecule has 1 rings (SSSR count). The van der Waals surface area contributed by atoms with Crippen molar-refractivity contribution in [3.8, 4) is 0 Å². The summed E-state index contributed by atoms with van der Waals surface area (Å²) in [6.45, 7) is 0. The fraction of sp³-hybridized carbons (Fsp3) is 0.333. The topological polar surface area (TPSA) is 39.2 Å². The van der Waals surface area contributed by atoms with Gasteiger partial charge in [0.15, 0.2) is 5.69 Å². The van der Waals surface area contributed by atoms with Crippen LogP contribution in [0.1, 0.15) is 28.0 Å². The Bertz CT molecular complexity index is 415. The Kier molecular flexibility index (Phi) is 4.85. The number of esters is 1. The van der Waals surface area contributed by atoms with Gasteiger partial charge in [0.2, 0.25) is 0 Å². The number of carbonyl (C=O) groups excluding carboxylic acids is 1. The maximum absolute atomic E-state index is 12.8. The molecule has 0 aromatic carbocycles. The molecule has 1 heterocycles. The molecule has 0 aliphatic heterocycles. The van der Waals surface area contributed by atoms with Gasteiger partial charge in [-0.15, -0.1) is 11.6 Å². The van der Waals surface area contributed by atoms with Crippen LogP contribution < -0.4 is 0 Å². The summed E-state index contributed by atoms with van der Waals surface area (Å²) in [4.78, 5) is 14.9. The molecule has 1 aromatic rings. The minimum atomic E-state index is -2.79. The van der Waals surface area contributed by atoms with E-state index in [-0.39, 0.29) is 15.1 Å². The maximum atomic E-state index is 12.8. The van der Waals surface area contributed by atoms with Gasteiger partial charge >= 0.3 is 5.97 Å². The van der Waals surface area contributed by atoms with Crippen molar-refractivity contribution in [1.82, 2.24) is 4.98 Å². The number of aromatic nitrogens is 1. The predicted molar refractivity (Wildman–Crippen MR) is 62.8 cm³/mol. The van der Waals surface area contributed by atoms with E-state index in [1.165, 1.54) is 6.20 Å². The van der Waals surface area contributed by atoms with Crippen molar-refractivity contribution in [2.45, 2.75) is 12.3 Å². The van der Waals surface area contributed by atoms with Gasteiger partial charge in [0, 0.05) is 15.6 Å². The first-order chi connectivity index (χ1) is 7.52. The minimum Gasteiger partial charge on any atom is -0.464 e. The quantitative estimate of drug-likeness (QED) is 0.472. The van der Waals surface area contributed by atoms with Crippen molar-refractivity contribution in [2.24, 2.45) is 0 Å². The molecule has 7 heteroatoms. The third kappa shape index (κ3) is 2.60. The summed E-state index contributed by atoms with van der Waals surface area (Å²) in [7, 11) is 1.11. The maximum Gasteiger partial charge on any atom is 0.357 e. The van der Waals surface area contributed by atoms with Crippen LogP contribution in [0.2, 0.25) is 0 Å². The van der Waals surface area contributed by atoms with E-state index in [2.05, 4.69) is 9.72 Å². The van der Waals surface area contributed by atoms with Crippen molar-refractivity contribution in [1.29, 1.82) is 0 Å². The lowest BCUT2D eigenvalue weighted by Crippen LogP contribution is -2.12. The van der Waals surface area contributed by atoms with Gasteiger partial charge in [-0.05, 0) is 28.2 Å². The van der Waals surface area contributed by atoms with E-state index in [4.69, 9.17) is 11.6 Å². The smallest absolute Gasteiger partial charge is 0.357 e. The van der Waals surface area contributed by atoms with Crippen molar-refractivity contribution >= 4 is 40.2 Å². The highest BCUT2D eigenvalue weighted by Gasteiger charge is 2.25. The molecule has 0 atom stereocenters. The fourth-order valence-corrected chi connectivity index (χ4v) is 2.35. The summed E-state index contributed by atoms with van der Waals surface area (Å²) in [5.41, 5.74) is -0.327. The highest BCUT2D eigenvalue weighted by atomic mass is 127. The number of methoxy groups -OCH3 is 1. The molecule has 0 saturated carbocycles. The second kappa shape index (κ2) is 5.72. The summed E-state index contributed by atoms with van der Waals surface area (Å²) in [5.74, 6) is -0.818. The zero-order valence-electron chi connectivity index (χ0n) is 8.14. The van der Waals surface area contributed by atoms with Crippen LogP contribution in [-0.4, -0.2) is 18.1 Å². The lowest BCUT2D eigenvalue weighted by molar-refractivity contribution is 0.0581. The first-order valence-corrected chi connectivity index (χ1v) is 5.74. The number of ether oxygens (including phenoxy) is 1. The molecular formula is C9H7ClF2INO2. The average molecular weight is 362 g/mol. The molecule has 16 heavy (non-hydrogen) atoms. The number of nitrogens with zero attached hydrogens (tertiary/aromatic N) is 1. The van der Waals surface area contributed by atoms with Gasteiger partial charge < -0.3 is 4.74 Å². The van der Waals surface area contributed by atoms with E-state index < -0.39 is 18.0 Å². The Morgan fingerprint density at radius 2 is 2.31 bits per heavy atom. The molecule has 0 amide bonds. The van der Waals surface area contributed by atoms with Gasteiger partial charge in [-0.3, -0.25) is 0 Å². The van der Waals surface area contributed by atoms with E-state index in [9.17, 15) is 13.6 Å². The second-order valence-electron chi connectivity index (χ2n) is 2.79. The van der Waals surface area contributed by atoms with E-state index >= 15 is 0 Å². The molecule has 1 aromatic heterocycles. The predicted octanol–water partition coefficient (Wildman–Crippen LogP) is 3.15. The van der Waals surface area contributed by atoms with Crippen LogP contribution in [0.25, 0.3) is 0 Å². The standard InChI is InChI=1S/C9H7ClF2INO2/c1-16-9(15)7-5(8(11)12)6(13)4(2-10)3-14-7/h3,8H,2H2,1H3. The van der Waals surface area contributed by atoms with Gasteiger partial charge in [0.25, 0.3) is 6.43 Å². The molecule has 0 aliphatic carbocycles. The molecule has 0 N–H and O–H groups in total. The lowest BCUT2D eigenvalue weighted by atomic mass is 10.1. The van der Waals surface area contributed by atoms with Gasteiger partial charge in [0.05, 0.1) is 12.7 Å². The summed E-state index contributed by atoms with van der Waals surface area (Å²) < 4.78 is 30.2. The Hall–Kier alpha value is -0.500. The Morgan fingerprint density at radius 3 is 2.75 bits per heavy atom. The van der Waals surface area contributed by atoms with Crippen LogP contribution in [0.15, 0.2) is 6.20 Å². The Labute approximate surface area is 109 Å². The number of halogens is 4. The number of pyridine rings is 1. The van der Waals surface area contributed by atoms with Crippen LogP contribution in [0, 0.1) is 3.57 Å².